The number of phenolic OH excluding ortho intramolecular Hbond substituents is 1. The molecule has 0 aliphatic carbocycles. The molecule has 2 N–H and O–H groups in total. The van der Waals surface area contributed by atoms with Crippen LogP contribution < -0.4 is 5.32 Å². The highest BCUT2D eigenvalue weighted by molar-refractivity contribution is 9.10. The van der Waals surface area contributed by atoms with E-state index in [9.17, 15) is 5.11 Å². The topological polar surface area (TPSA) is 32.3 Å². The number of hydrogen-bond acceptors (Lipinski definition) is 2. The first-order valence-electron chi connectivity index (χ1n) is 5.39. The van der Waals surface area contributed by atoms with Crippen molar-refractivity contribution in [2.24, 2.45) is 0 Å². The van der Waals surface area contributed by atoms with Crippen LogP contribution in [0.25, 0.3) is 0 Å². The number of benzene rings is 1. The summed E-state index contributed by atoms with van der Waals surface area (Å²) in [5.74, 6) is 0.404. The van der Waals surface area contributed by atoms with Gasteiger partial charge < -0.3 is 10.4 Å². The highest BCUT2D eigenvalue weighted by atomic mass is 79.9. The molecule has 0 spiro atoms. The van der Waals surface area contributed by atoms with Crippen molar-refractivity contribution in [1.82, 2.24) is 5.32 Å². The van der Waals surface area contributed by atoms with Gasteiger partial charge in [-0.3, -0.25) is 0 Å². The number of phenols is 1. The second-order valence-corrected chi connectivity index (χ2v) is 4.98. The number of aromatic hydroxyl groups is 1. The third kappa shape index (κ3) is 2.34. The predicted octanol–water partition coefficient (Wildman–Crippen LogP) is 2.76. The molecule has 82 valence electrons. The predicted molar refractivity (Wildman–Crippen MR) is 65.3 cm³/mol. The Morgan fingerprint density at radius 3 is 3.00 bits per heavy atom. The van der Waals surface area contributed by atoms with Gasteiger partial charge in [0.05, 0.1) is 0 Å². The molecule has 3 heteroatoms. The van der Waals surface area contributed by atoms with Crippen LogP contribution in [0.2, 0.25) is 0 Å². The summed E-state index contributed by atoms with van der Waals surface area (Å²) in [4.78, 5) is 0. The zero-order chi connectivity index (χ0) is 10.8. The lowest BCUT2D eigenvalue weighted by Crippen LogP contribution is -2.23. The Morgan fingerprint density at radius 2 is 2.33 bits per heavy atom. The van der Waals surface area contributed by atoms with Gasteiger partial charge in [0.1, 0.15) is 5.75 Å². The maximum absolute atomic E-state index is 9.82. The molecule has 1 aliphatic rings. The molecular formula is C12H16BrNO. The van der Waals surface area contributed by atoms with Crippen LogP contribution >= 0.6 is 15.9 Å². The largest absolute Gasteiger partial charge is 0.508 e. The fourth-order valence-corrected chi connectivity index (χ4v) is 2.60. The standard InChI is InChI=1S/C12H16BrNO/c1-8-4-5-11(15)10(12(8)13)7-9-3-2-6-14-9/h4-5,9,14-15H,2-3,6-7H2,1H3. The molecule has 1 fully saturated rings. The van der Waals surface area contributed by atoms with Gasteiger partial charge >= 0.3 is 0 Å². The number of halogens is 1. The lowest BCUT2D eigenvalue weighted by atomic mass is 10.0. The number of nitrogens with one attached hydrogen (secondary N) is 1. The normalized spacial score (nSPS) is 20.8. The summed E-state index contributed by atoms with van der Waals surface area (Å²) in [7, 11) is 0. The Hall–Kier alpha value is -0.540. The first-order valence-corrected chi connectivity index (χ1v) is 6.18. The van der Waals surface area contributed by atoms with Crippen LogP contribution in [0.4, 0.5) is 0 Å². The Labute approximate surface area is 98.8 Å². The molecule has 0 saturated carbocycles. The first kappa shape index (κ1) is 11.0. The van der Waals surface area contributed by atoms with E-state index >= 15 is 0 Å². The van der Waals surface area contributed by atoms with Crippen molar-refractivity contribution in [3.05, 3.63) is 27.7 Å². The van der Waals surface area contributed by atoms with Gasteiger partial charge in [0.15, 0.2) is 0 Å². The summed E-state index contributed by atoms with van der Waals surface area (Å²) in [5, 5.41) is 13.3. The van der Waals surface area contributed by atoms with Crippen LogP contribution in [0.1, 0.15) is 24.0 Å². The van der Waals surface area contributed by atoms with Crippen molar-refractivity contribution < 1.29 is 5.11 Å². The molecule has 0 amide bonds. The maximum Gasteiger partial charge on any atom is 0.119 e. The highest BCUT2D eigenvalue weighted by Crippen LogP contribution is 2.31. The second-order valence-electron chi connectivity index (χ2n) is 4.19. The quantitative estimate of drug-likeness (QED) is 0.866. The van der Waals surface area contributed by atoms with E-state index in [2.05, 4.69) is 28.2 Å². The van der Waals surface area contributed by atoms with Crippen molar-refractivity contribution in [2.45, 2.75) is 32.2 Å². The summed E-state index contributed by atoms with van der Waals surface area (Å²) in [5.41, 5.74) is 2.22. The van der Waals surface area contributed by atoms with E-state index in [0.717, 1.165) is 23.0 Å². The molecular weight excluding hydrogens is 254 g/mol. The van der Waals surface area contributed by atoms with E-state index in [1.165, 1.54) is 18.4 Å². The summed E-state index contributed by atoms with van der Waals surface area (Å²) >= 11 is 3.55. The minimum absolute atomic E-state index is 0.404. The van der Waals surface area contributed by atoms with Gasteiger partial charge in [-0.25, -0.2) is 0 Å². The summed E-state index contributed by atoms with van der Waals surface area (Å²) < 4.78 is 1.05. The van der Waals surface area contributed by atoms with E-state index in [1.54, 1.807) is 6.07 Å². The van der Waals surface area contributed by atoms with Crippen molar-refractivity contribution in [3.8, 4) is 5.75 Å². The van der Waals surface area contributed by atoms with Crippen molar-refractivity contribution in [2.75, 3.05) is 6.54 Å². The minimum Gasteiger partial charge on any atom is -0.508 e. The van der Waals surface area contributed by atoms with Crippen LogP contribution in [0.15, 0.2) is 16.6 Å². The van der Waals surface area contributed by atoms with Crippen molar-refractivity contribution in [1.29, 1.82) is 0 Å². The van der Waals surface area contributed by atoms with Crippen LogP contribution in [-0.2, 0) is 6.42 Å². The van der Waals surface area contributed by atoms with Gasteiger partial charge in [0, 0.05) is 16.1 Å². The molecule has 0 aromatic heterocycles. The highest BCUT2D eigenvalue weighted by Gasteiger charge is 2.18. The van der Waals surface area contributed by atoms with Crippen LogP contribution in [0.5, 0.6) is 5.75 Å². The third-order valence-corrected chi connectivity index (χ3v) is 4.13. The lowest BCUT2D eigenvalue weighted by molar-refractivity contribution is 0.461. The first-order chi connectivity index (χ1) is 7.18. The fraction of sp³-hybridized carbons (Fsp3) is 0.500. The molecule has 1 aromatic rings. The van der Waals surface area contributed by atoms with E-state index in [4.69, 9.17) is 0 Å². The Balaban J connectivity index is 2.22. The Morgan fingerprint density at radius 1 is 1.53 bits per heavy atom. The Kier molecular flexibility index (Phi) is 3.32. The van der Waals surface area contributed by atoms with Gasteiger partial charge in [-0.15, -0.1) is 0 Å². The SMILES string of the molecule is Cc1ccc(O)c(CC2CCCN2)c1Br. The van der Waals surface area contributed by atoms with E-state index < -0.39 is 0 Å². The number of rotatable bonds is 2. The van der Waals surface area contributed by atoms with E-state index in [1.807, 2.05) is 6.07 Å². The molecule has 0 bridgehead atoms. The van der Waals surface area contributed by atoms with Crippen LogP contribution in [0, 0.1) is 6.92 Å². The van der Waals surface area contributed by atoms with Gasteiger partial charge in [-0.1, -0.05) is 22.0 Å². The molecule has 1 aliphatic heterocycles. The van der Waals surface area contributed by atoms with Crippen LogP contribution in [0.3, 0.4) is 0 Å². The molecule has 2 nitrogen and oxygen atoms in total. The van der Waals surface area contributed by atoms with E-state index in [-0.39, 0.29) is 0 Å². The molecule has 0 radical (unpaired) electrons. The Bertz CT molecular complexity index is 359. The van der Waals surface area contributed by atoms with Gasteiger partial charge in [-0.2, -0.15) is 0 Å². The molecule has 15 heavy (non-hydrogen) atoms. The average Bonchev–Trinajstić information content (AvgIpc) is 2.71. The van der Waals surface area contributed by atoms with E-state index in [0.29, 0.717) is 11.8 Å². The van der Waals surface area contributed by atoms with Crippen molar-refractivity contribution >= 4 is 15.9 Å². The van der Waals surface area contributed by atoms with Crippen molar-refractivity contribution in [3.63, 3.8) is 0 Å². The molecule has 2 rings (SSSR count). The number of hydrogen-bond donors (Lipinski definition) is 2. The molecule has 1 heterocycles. The molecule has 1 atom stereocenters. The van der Waals surface area contributed by atoms with Gasteiger partial charge in [-0.05, 0) is 44.4 Å². The summed E-state index contributed by atoms with van der Waals surface area (Å²) in [6.45, 7) is 3.16. The average molecular weight is 270 g/mol. The second kappa shape index (κ2) is 4.54. The van der Waals surface area contributed by atoms with Crippen LogP contribution in [-0.4, -0.2) is 17.7 Å². The molecule has 1 saturated heterocycles. The smallest absolute Gasteiger partial charge is 0.119 e. The lowest BCUT2D eigenvalue weighted by Gasteiger charge is -2.14. The zero-order valence-electron chi connectivity index (χ0n) is 8.89. The minimum atomic E-state index is 0.404. The fourth-order valence-electron chi connectivity index (χ4n) is 2.10. The number of aryl methyl sites for hydroxylation is 1. The molecule has 1 aromatic carbocycles. The molecule has 1 unspecified atom stereocenters. The maximum atomic E-state index is 9.82. The third-order valence-electron chi connectivity index (χ3n) is 3.02. The zero-order valence-corrected chi connectivity index (χ0v) is 10.5. The van der Waals surface area contributed by atoms with Gasteiger partial charge in [0.2, 0.25) is 0 Å². The monoisotopic (exact) mass is 269 g/mol. The summed E-state index contributed by atoms with van der Waals surface area (Å²) in [6, 6.07) is 4.24. The van der Waals surface area contributed by atoms with Gasteiger partial charge in [0.25, 0.3) is 0 Å². The summed E-state index contributed by atoms with van der Waals surface area (Å²) in [6.07, 6.45) is 3.36.